The molecule has 1 nitrogen and oxygen atoms in total. The van der Waals surface area contributed by atoms with E-state index < -0.39 is 0 Å². The number of rotatable bonds is 4. The molecule has 55 heavy (non-hydrogen) atoms. The molecule has 2 aliphatic rings. The highest BCUT2D eigenvalue weighted by Crippen LogP contribution is 2.58. The van der Waals surface area contributed by atoms with Gasteiger partial charge in [-0.2, -0.15) is 0 Å². The van der Waals surface area contributed by atoms with E-state index in [4.69, 9.17) is 0 Å². The zero-order chi connectivity index (χ0) is 37.9. The Morgan fingerprint density at radius 3 is 1.69 bits per heavy atom. The Balaban J connectivity index is 1.13. The van der Waals surface area contributed by atoms with Crippen molar-refractivity contribution in [2.45, 2.75) is 64.7 Å². The summed E-state index contributed by atoms with van der Waals surface area (Å²) in [5.74, 6) is 0. The first-order chi connectivity index (χ1) is 26.4. The van der Waals surface area contributed by atoms with E-state index in [9.17, 15) is 0 Å². The molecule has 0 saturated carbocycles. The van der Waals surface area contributed by atoms with E-state index in [1.165, 1.54) is 88.4 Å². The van der Waals surface area contributed by atoms with Crippen LogP contribution in [0, 0.1) is 0 Å². The first kappa shape index (κ1) is 33.6. The lowest BCUT2D eigenvalue weighted by atomic mass is 9.79. The standard InChI is InChI=1S/C54H47N/c1-52(2,3)37-22-25-38(26-23-37)55(39-24-21-34-15-11-12-18-36(34)29-39)40-27-28-42-45-32-49-46(33-48(45)53(4,5)47(42)30-40)51-43-20-14-13-19-41(43)44(31-50(51)54(49,6)7)35-16-9-8-10-17-35/h8-33H,1-7H3. The third-order valence-corrected chi connectivity index (χ3v) is 12.8. The molecule has 0 spiro atoms. The molecule has 10 rings (SSSR count). The summed E-state index contributed by atoms with van der Waals surface area (Å²) < 4.78 is 0. The lowest BCUT2D eigenvalue weighted by Crippen LogP contribution is -2.17. The number of anilines is 3. The number of hydrogen-bond donors (Lipinski definition) is 0. The van der Waals surface area contributed by atoms with Crippen LogP contribution in [0.25, 0.3) is 54.9 Å². The fraction of sp³-hybridized carbons (Fsp3) is 0.185. The number of hydrogen-bond acceptors (Lipinski definition) is 1. The van der Waals surface area contributed by atoms with Gasteiger partial charge in [0.1, 0.15) is 0 Å². The van der Waals surface area contributed by atoms with Gasteiger partial charge in [0.2, 0.25) is 0 Å². The van der Waals surface area contributed by atoms with Crippen LogP contribution in [0.4, 0.5) is 17.1 Å². The van der Waals surface area contributed by atoms with E-state index in [1.54, 1.807) is 0 Å². The molecular weight excluding hydrogens is 663 g/mol. The molecule has 8 aromatic carbocycles. The highest BCUT2D eigenvalue weighted by molar-refractivity contribution is 6.09. The molecule has 0 radical (unpaired) electrons. The van der Waals surface area contributed by atoms with Crippen molar-refractivity contribution in [3.05, 3.63) is 186 Å². The summed E-state index contributed by atoms with van der Waals surface area (Å²) in [4.78, 5) is 2.44. The summed E-state index contributed by atoms with van der Waals surface area (Å²) in [5, 5.41) is 5.14. The molecule has 0 fully saturated rings. The maximum Gasteiger partial charge on any atom is 0.0468 e. The molecule has 8 aromatic rings. The minimum Gasteiger partial charge on any atom is -0.310 e. The summed E-state index contributed by atoms with van der Waals surface area (Å²) in [7, 11) is 0. The molecule has 2 aliphatic carbocycles. The van der Waals surface area contributed by atoms with Gasteiger partial charge in [0, 0.05) is 27.9 Å². The quantitative estimate of drug-likeness (QED) is 0.176. The average molecular weight is 710 g/mol. The lowest BCUT2D eigenvalue weighted by Gasteiger charge is -2.29. The second-order valence-corrected chi connectivity index (χ2v) is 17.8. The van der Waals surface area contributed by atoms with Crippen molar-refractivity contribution in [3.8, 4) is 33.4 Å². The Morgan fingerprint density at radius 1 is 0.400 bits per heavy atom. The van der Waals surface area contributed by atoms with Gasteiger partial charge in [-0.3, -0.25) is 0 Å². The van der Waals surface area contributed by atoms with Crippen LogP contribution in [0.3, 0.4) is 0 Å². The van der Waals surface area contributed by atoms with Crippen LogP contribution in [0.15, 0.2) is 158 Å². The van der Waals surface area contributed by atoms with Crippen LogP contribution >= 0.6 is 0 Å². The number of benzene rings is 8. The molecular formula is C54H47N. The third kappa shape index (κ3) is 5.06. The molecule has 0 amide bonds. The van der Waals surface area contributed by atoms with Crippen LogP contribution in [0.1, 0.15) is 76.3 Å². The minimum absolute atomic E-state index is 0.0848. The fourth-order valence-electron chi connectivity index (χ4n) is 9.67. The van der Waals surface area contributed by atoms with Crippen LogP contribution in [-0.4, -0.2) is 0 Å². The maximum absolute atomic E-state index is 2.55. The molecule has 0 aromatic heterocycles. The molecule has 0 atom stereocenters. The van der Waals surface area contributed by atoms with Gasteiger partial charge < -0.3 is 4.90 Å². The molecule has 0 unspecified atom stereocenters. The Labute approximate surface area is 325 Å². The van der Waals surface area contributed by atoms with Crippen molar-refractivity contribution in [3.63, 3.8) is 0 Å². The maximum atomic E-state index is 2.55. The monoisotopic (exact) mass is 709 g/mol. The molecule has 0 bridgehead atoms. The SMILES string of the molecule is CC(C)(C)c1ccc(N(c2ccc3c(c2)C(C)(C)c2cc4c(cc2-3)C(C)(C)c2cc(-c3ccccc3)c3ccccc3c2-4)c2ccc3ccccc3c2)cc1. The highest BCUT2D eigenvalue weighted by atomic mass is 15.1. The summed E-state index contributed by atoms with van der Waals surface area (Å²) >= 11 is 0. The Hall–Kier alpha value is -5.92. The van der Waals surface area contributed by atoms with Gasteiger partial charge in [0.25, 0.3) is 0 Å². The lowest BCUT2D eigenvalue weighted by molar-refractivity contribution is 0.590. The second-order valence-electron chi connectivity index (χ2n) is 17.8. The van der Waals surface area contributed by atoms with E-state index in [0.717, 1.165) is 11.4 Å². The van der Waals surface area contributed by atoms with Gasteiger partial charge in [-0.1, -0.05) is 152 Å². The summed E-state index contributed by atoms with van der Waals surface area (Å²) in [5.41, 5.74) is 18.3. The van der Waals surface area contributed by atoms with Gasteiger partial charge in [-0.15, -0.1) is 0 Å². The minimum atomic E-state index is -0.187. The average Bonchev–Trinajstić information content (AvgIpc) is 3.55. The van der Waals surface area contributed by atoms with Crippen molar-refractivity contribution in [2.24, 2.45) is 0 Å². The van der Waals surface area contributed by atoms with E-state index >= 15 is 0 Å². The molecule has 0 N–H and O–H groups in total. The summed E-state index contributed by atoms with van der Waals surface area (Å²) in [6.07, 6.45) is 0. The number of fused-ring (bicyclic) bond motifs is 9. The third-order valence-electron chi connectivity index (χ3n) is 12.8. The van der Waals surface area contributed by atoms with E-state index in [1.807, 2.05) is 0 Å². The number of nitrogens with zero attached hydrogens (tertiary/aromatic N) is 1. The zero-order valence-corrected chi connectivity index (χ0v) is 33.0. The normalized spacial score (nSPS) is 14.7. The zero-order valence-electron chi connectivity index (χ0n) is 33.0. The van der Waals surface area contributed by atoms with Crippen LogP contribution in [0.5, 0.6) is 0 Å². The van der Waals surface area contributed by atoms with E-state index in [-0.39, 0.29) is 16.2 Å². The Morgan fingerprint density at radius 2 is 0.945 bits per heavy atom. The first-order valence-corrected chi connectivity index (χ1v) is 19.8. The smallest absolute Gasteiger partial charge is 0.0468 e. The van der Waals surface area contributed by atoms with Gasteiger partial charge in [-0.05, 0) is 143 Å². The van der Waals surface area contributed by atoms with Crippen LogP contribution in [0.2, 0.25) is 0 Å². The van der Waals surface area contributed by atoms with Gasteiger partial charge in [-0.25, -0.2) is 0 Å². The second kappa shape index (κ2) is 11.8. The Bertz CT molecular complexity index is 2830. The van der Waals surface area contributed by atoms with Crippen LogP contribution < -0.4 is 4.90 Å². The molecule has 268 valence electrons. The van der Waals surface area contributed by atoms with Gasteiger partial charge in [0.05, 0.1) is 0 Å². The predicted octanol–water partition coefficient (Wildman–Crippen LogP) is 15.0. The molecule has 0 heterocycles. The molecule has 1 heteroatoms. The summed E-state index contributed by atoms with van der Waals surface area (Å²) in [6.45, 7) is 16.5. The van der Waals surface area contributed by atoms with Crippen molar-refractivity contribution in [2.75, 3.05) is 4.90 Å². The summed E-state index contributed by atoms with van der Waals surface area (Å²) in [6, 6.07) is 59.4. The highest BCUT2D eigenvalue weighted by Gasteiger charge is 2.43. The van der Waals surface area contributed by atoms with Crippen molar-refractivity contribution in [1.82, 2.24) is 0 Å². The van der Waals surface area contributed by atoms with Gasteiger partial charge >= 0.3 is 0 Å². The predicted molar refractivity (Wildman–Crippen MR) is 235 cm³/mol. The van der Waals surface area contributed by atoms with Crippen molar-refractivity contribution >= 4 is 38.6 Å². The Kier molecular flexibility index (Phi) is 7.21. The topological polar surface area (TPSA) is 3.24 Å². The van der Waals surface area contributed by atoms with Crippen LogP contribution in [-0.2, 0) is 16.2 Å². The first-order valence-electron chi connectivity index (χ1n) is 19.8. The van der Waals surface area contributed by atoms with Crippen molar-refractivity contribution in [1.29, 1.82) is 0 Å². The molecule has 0 saturated heterocycles. The molecule has 0 aliphatic heterocycles. The van der Waals surface area contributed by atoms with E-state index in [0.29, 0.717) is 0 Å². The largest absolute Gasteiger partial charge is 0.310 e. The fourth-order valence-corrected chi connectivity index (χ4v) is 9.67. The van der Waals surface area contributed by atoms with E-state index in [2.05, 4.69) is 211 Å². The van der Waals surface area contributed by atoms with Gasteiger partial charge in [0.15, 0.2) is 0 Å². The van der Waals surface area contributed by atoms with Crippen molar-refractivity contribution < 1.29 is 0 Å².